The monoisotopic (exact) mass is 409 g/mol. The van der Waals surface area contributed by atoms with Crippen LogP contribution in [-0.4, -0.2) is 18.1 Å². The van der Waals surface area contributed by atoms with Gasteiger partial charge < -0.3 is 19.2 Å². The number of ether oxygens (including phenoxy) is 2. The summed E-state index contributed by atoms with van der Waals surface area (Å²) in [6, 6.07) is 13.1. The van der Waals surface area contributed by atoms with Crippen LogP contribution in [0.3, 0.4) is 0 Å². The summed E-state index contributed by atoms with van der Waals surface area (Å²) in [4.78, 5) is 36.1. The lowest BCUT2D eigenvalue weighted by Crippen LogP contribution is -2.41. The summed E-state index contributed by atoms with van der Waals surface area (Å²) < 4.78 is 15.8. The fourth-order valence-electron chi connectivity index (χ4n) is 2.96. The number of aryl methyl sites for hydroxylation is 2. The molecule has 0 radical (unpaired) electrons. The van der Waals surface area contributed by atoms with Crippen molar-refractivity contribution in [3.8, 4) is 5.75 Å². The molecule has 0 saturated carbocycles. The van der Waals surface area contributed by atoms with Crippen LogP contribution >= 0.6 is 0 Å². The summed E-state index contributed by atoms with van der Waals surface area (Å²) in [5.74, 6) is -0.370. The van der Waals surface area contributed by atoms with Gasteiger partial charge in [-0.1, -0.05) is 37.3 Å². The third kappa shape index (κ3) is 5.05. The molecule has 3 aromatic rings. The number of alkyl carbamates (subject to hydrolysis) is 1. The van der Waals surface area contributed by atoms with E-state index in [0.717, 1.165) is 22.1 Å². The number of benzene rings is 2. The van der Waals surface area contributed by atoms with Gasteiger partial charge >= 0.3 is 17.7 Å². The first kappa shape index (κ1) is 21.1. The van der Waals surface area contributed by atoms with Crippen molar-refractivity contribution < 1.29 is 23.5 Å². The van der Waals surface area contributed by atoms with Crippen LogP contribution < -0.4 is 15.7 Å². The van der Waals surface area contributed by atoms with Crippen molar-refractivity contribution in [1.29, 1.82) is 0 Å². The van der Waals surface area contributed by atoms with Crippen molar-refractivity contribution in [3.05, 3.63) is 75.6 Å². The molecule has 0 saturated heterocycles. The van der Waals surface area contributed by atoms with Gasteiger partial charge in [-0.05, 0) is 43.0 Å². The molecule has 156 valence electrons. The lowest BCUT2D eigenvalue weighted by atomic mass is 10.1. The van der Waals surface area contributed by atoms with Gasteiger partial charge in [-0.25, -0.2) is 14.4 Å². The Kier molecular flexibility index (Phi) is 6.51. The largest absolute Gasteiger partial charge is 0.445 e. The highest BCUT2D eigenvalue weighted by atomic mass is 16.6. The molecule has 1 heterocycles. The number of esters is 1. The predicted molar refractivity (Wildman–Crippen MR) is 111 cm³/mol. The van der Waals surface area contributed by atoms with Gasteiger partial charge in [0.2, 0.25) is 0 Å². The van der Waals surface area contributed by atoms with Crippen LogP contribution in [0.5, 0.6) is 5.75 Å². The van der Waals surface area contributed by atoms with Crippen LogP contribution in [0.2, 0.25) is 0 Å². The molecule has 7 heteroatoms. The van der Waals surface area contributed by atoms with E-state index in [-0.39, 0.29) is 12.4 Å². The van der Waals surface area contributed by atoms with E-state index in [1.807, 2.05) is 50.2 Å². The fraction of sp³-hybridized carbons (Fsp3) is 0.261. The maximum Gasteiger partial charge on any atom is 0.408 e. The zero-order chi connectivity index (χ0) is 21.7. The number of carbonyl (C=O) groups is 2. The zero-order valence-corrected chi connectivity index (χ0v) is 17.1. The van der Waals surface area contributed by atoms with Crippen LogP contribution in [0.4, 0.5) is 4.79 Å². The van der Waals surface area contributed by atoms with Gasteiger partial charge in [0.25, 0.3) is 0 Å². The number of rotatable bonds is 6. The van der Waals surface area contributed by atoms with Crippen molar-refractivity contribution in [2.75, 3.05) is 0 Å². The average Bonchev–Trinajstić information content (AvgIpc) is 2.72. The van der Waals surface area contributed by atoms with Gasteiger partial charge in [-0.2, -0.15) is 0 Å². The van der Waals surface area contributed by atoms with Gasteiger partial charge in [0.1, 0.15) is 24.0 Å². The van der Waals surface area contributed by atoms with Gasteiger partial charge in [0.05, 0.1) is 0 Å². The average molecular weight is 409 g/mol. The van der Waals surface area contributed by atoms with Crippen molar-refractivity contribution >= 4 is 23.0 Å². The summed E-state index contributed by atoms with van der Waals surface area (Å²) in [6.45, 7) is 5.34. The van der Waals surface area contributed by atoms with Crippen molar-refractivity contribution in [3.63, 3.8) is 0 Å². The number of hydrogen-bond acceptors (Lipinski definition) is 6. The second kappa shape index (κ2) is 9.26. The standard InChI is InChI=1S/C23H23NO6/c1-4-17-11-18-14(2)10-21(25)29-20(18)12-19(17)30-22(26)15(3)24-23(27)28-13-16-8-6-5-7-9-16/h5-12,15H,4,13H2,1-3H3,(H,24,27)/t15-/m1/s1. The number of nitrogens with one attached hydrogen (secondary N) is 1. The SMILES string of the molecule is CCc1cc2c(C)cc(=O)oc2cc1OC(=O)[C@@H](C)NC(=O)OCc1ccccc1. The summed E-state index contributed by atoms with van der Waals surface area (Å²) in [6.07, 6.45) is -0.114. The van der Waals surface area contributed by atoms with E-state index in [9.17, 15) is 14.4 Å². The molecule has 1 amide bonds. The smallest absolute Gasteiger partial charge is 0.408 e. The van der Waals surface area contributed by atoms with E-state index < -0.39 is 23.7 Å². The summed E-state index contributed by atoms with van der Waals surface area (Å²) in [7, 11) is 0. The van der Waals surface area contributed by atoms with Gasteiger partial charge in [0, 0.05) is 17.5 Å². The first-order valence-electron chi connectivity index (χ1n) is 9.63. The molecule has 1 atom stereocenters. The van der Waals surface area contributed by atoms with Crippen LogP contribution in [0.15, 0.2) is 57.7 Å². The number of fused-ring (bicyclic) bond motifs is 1. The third-order valence-corrected chi connectivity index (χ3v) is 4.62. The van der Waals surface area contributed by atoms with Gasteiger partial charge in [-0.3, -0.25) is 0 Å². The van der Waals surface area contributed by atoms with E-state index in [1.165, 1.54) is 19.1 Å². The molecule has 0 bridgehead atoms. The second-order valence-electron chi connectivity index (χ2n) is 6.91. The molecule has 0 fully saturated rings. The molecule has 0 spiro atoms. The Bertz CT molecular complexity index is 1120. The summed E-state index contributed by atoms with van der Waals surface area (Å²) >= 11 is 0. The fourth-order valence-corrected chi connectivity index (χ4v) is 2.96. The van der Waals surface area contributed by atoms with Gasteiger partial charge in [-0.15, -0.1) is 0 Å². The first-order chi connectivity index (χ1) is 14.4. The van der Waals surface area contributed by atoms with Crippen molar-refractivity contribution in [1.82, 2.24) is 5.32 Å². The third-order valence-electron chi connectivity index (χ3n) is 4.62. The molecule has 0 aliphatic carbocycles. The summed E-state index contributed by atoms with van der Waals surface area (Å²) in [5, 5.41) is 3.23. The Balaban J connectivity index is 1.67. The molecule has 0 aliphatic heterocycles. The van der Waals surface area contributed by atoms with E-state index in [4.69, 9.17) is 13.9 Å². The number of hydrogen-bond donors (Lipinski definition) is 1. The van der Waals surface area contributed by atoms with Crippen molar-refractivity contribution in [2.24, 2.45) is 0 Å². The minimum Gasteiger partial charge on any atom is -0.445 e. The van der Waals surface area contributed by atoms with E-state index in [2.05, 4.69) is 5.32 Å². The second-order valence-corrected chi connectivity index (χ2v) is 6.91. The van der Waals surface area contributed by atoms with Crippen LogP contribution in [0.1, 0.15) is 30.5 Å². The van der Waals surface area contributed by atoms with E-state index >= 15 is 0 Å². The highest BCUT2D eigenvalue weighted by Crippen LogP contribution is 2.28. The molecular formula is C23H23NO6. The Morgan fingerprint density at radius 2 is 1.87 bits per heavy atom. The Hall–Kier alpha value is -3.61. The molecular weight excluding hydrogens is 386 g/mol. The van der Waals surface area contributed by atoms with Crippen molar-refractivity contribution in [2.45, 2.75) is 39.8 Å². The highest BCUT2D eigenvalue weighted by Gasteiger charge is 2.20. The molecule has 7 nitrogen and oxygen atoms in total. The maximum absolute atomic E-state index is 12.5. The minimum atomic E-state index is -0.932. The molecule has 2 aromatic carbocycles. The minimum absolute atomic E-state index is 0.0947. The van der Waals surface area contributed by atoms with Crippen LogP contribution in [-0.2, 0) is 22.6 Å². The Morgan fingerprint density at radius 3 is 2.57 bits per heavy atom. The molecule has 1 aromatic heterocycles. The molecule has 0 aliphatic rings. The lowest BCUT2D eigenvalue weighted by molar-refractivity contribution is -0.136. The van der Waals surface area contributed by atoms with Crippen LogP contribution in [0.25, 0.3) is 11.0 Å². The first-order valence-corrected chi connectivity index (χ1v) is 9.63. The van der Waals surface area contributed by atoms with Gasteiger partial charge in [0.15, 0.2) is 0 Å². The number of amides is 1. The quantitative estimate of drug-likeness (QED) is 0.377. The predicted octanol–water partition coefficient (Wildman–Crippen LogP) is 3.88. The molecule has 0 unspecified atom stereocenters. The number of carbonyl (C=O) groups excluding carboxylic acids is 2. The Morgan fingerprint density at radius 1 is 1.13 bits per heavy atom. The normalized spacial score (nSPS) is 11.7. The zero-order valence-electron chi connectivity index (χ0n) is 17.1. The Labute approximate surface area is 173 Å². The lowest BCUT2D eigenvalue weighted by Gasteiger charge is -2.15. The van der Waals surface area contributed by atoms with E-state index in [0.29, 0.717) is 12.0 Å². The topological polar surface area (TPSA) is 94.8 Å². The molecule has 30 heavy (non-hydrogen) atoms. The van der Waals surface area contributed by atoms with E-state index in [1.54, 1.807) is 0 Å². The molecule has 1 N–H and O–H groups in total. The molecule has 3 rings (SSSR count). The van der Waals surface area contributed by atoms with Crippen LogP contribution in [0, 0.1) is 6.92 Å². The highest BCUT2D eigenvalue weighted by molar-refractivity contribution is 5.86. The summed E-state index contributed by atoms with van der Waals surface area (Å²) in [5.41, 5.74) is 2.26. The maximum atomic E-state index is 12.5.